The monoisotopic (exact) mass is 239 g/mol. The summed E-state index contributed by atoms with van der Waals surface area (Å²) in [5, 5.41) is 2.52. The van der Waals surface area contributed by atoms with Crippen LogP contribution in [-0.4, -0.2) is 22.1 Å². The van der Waals surface area contributed by atoms with E-state index >= 15 is 0 Å². The first-order valence-electron chi connectivity index (χ1n) is 5.28. The van der Waals surface area contributed by atoms with Gasteiger partial charge in [-0.2, -0.15) is 0 Å². The lowest BCUT2D eigenvalue weighted by atomic mass is 10.3. The molecule has 4 heteroatoms. The van der Waals surface area contributed by atoms with Gasteiger partial charge in [0.15, 0.2) is 0 Å². The van der Waals surface area contributed by atoms with Crippen molar-refractivity contribution in [2.24, 2.45) is 0 Å². The van der Waals surface area contributed by atoms with E-state index in [0.717, 1.165) is 0 Å². The number of carbonyl (C=O) groups excluding carboxylic acids is 1. The van der Waals surface area contributed by atoms with Crippen LogP contribution in [0.15, 0.2) is 17.5 Å². The summed E-state index contributed by atoms with van der Waals surface area (Å²) in [6, 6.07) is 4.74. The van der Waals surface area contributed by atoms with Crippen LogP contribution in [0.2, 0.25) is 0 Å². The van der Waals surface area contributed by atoms with E-state index in [0.29, 0.717) is 17.3 Å². The topological polar surface area (TPSA) is 20.3 Å². The highest BCUT2D eigenvalue weighted by Crippen LogP contribution is 2.49. The molecule has 1 amide bonds. The van der Waals surface area contributed by atoms with Crippen molar-refractivity contribution in [3.05, 3.63) is 22.4 Å². The predicted octanol–water partition coefficient (Wildman–Crippen LogP) is 2.87. The maximum absolute atomic E-state index is 12.0. The van der Waals surface area contributed by atoms with Crippen LogP contribution in [0.5, 0.6) is 0 Å². The average molecular weight is 239 g/mol. The number of amides is 1. The third kappa shape index (κ3) is 1.60. The number of thioether (sulfide) groups is 1. The summed E-state index contributed by atoms with van der Waals surface area (Å²) < 4.78 is 0. The van der Waals surface area contributed by atoms with Crippen LogP contribution in [-0.2, 0) is 4.79 Å². The molecule has 1 aromatic rings. The van der Waals surface area contributed by atoms with Crippen LogP contribution in [0.25, 0.3) is 0 Å². The van der Waals surface area contributed by atoms with Gasteiger partial charge in [-0.15, -0.1) is 23.1 Å². The highest BCUT2D eigenvalue weighted by Gasteiger charge is 2.46. The van der Waals surface area contributed by atoms with E-state index in [2.05, 4.69) is 22.4 Å². The molecule has 15 heavy (non-hydrogen) atoms. The number of hydrogen-bond donors (Lipinski definition) is 0. The van der Waals surface area contributed by atoms with Gasteiger partial charge in [0, 0.05) is 10.9 Å². The fraction of sp³-hybridized carbons (Fsp3) is 0.545. The van der Waals surface area contributed by atoms with E-state index in [1.165, 1.54) is 17.7 Å². The summed E-state index contributed by atoms with van der Waals surface area (Å²) in [5.74, 6) is 0.334. The van der Waals surface area contributed by atoms with Crippen molar-refractivity contribution >= 4 is 29.0 Å². The SMILES string of the molecule is C[C@@H]1S[C@H](c2cccs2)N(C2CC2)C1=O. The standard InChI is InChI=1S/C11H13NOS2/c1-7-10(13)12(8-4-5-8)11(15-7)9-3-2-6-14-9/h2-3,6-8,11H,4-5H2,1H3/t7-,11+/m0/s1. The molecule has 0 unspecified atom stereocenters. The van der Waals surface area contributed by atoms with Gasteiger partial charge in [0.1, 0.15) is 5.37 Å². The first-order chi connectivity index (χ1) is 7.27. The second-order valence-electron chi connectivity index (χ2n) is 4.12. The number of nitrogens with zero attached hydrogens (tertiary/aromatic N) is 1. The molecule has 2 aliphatic rings. The van der Waals surface area contributed by atoms with Crippen LogP contribution in [0, 0.1) is 0 Å². The Morgan fingerprint density at radius 3 is 2.87 bits per heavy atom. The van der Waals surface area contributed by atoms with Gasteiger partial charge in [-0.1, -0.05) is 6.07 Å². The molecule has 1 aromatic heterocycles. The second-order valence-corrected chi connectivity index (χ2v) is 6.53. The Labute approximate surface area is 97.7 Å². The van der Waals surface area contributed by atoms with Gasteiger partial charge in [0.25, 0.3) is 0 Å². The fourth-order valence-corrected chi connectivity index (χ4v) is 4.28. The van der Waals surface area contributed by atoms with Gasteiger partial charge in [0.05, 0.1) is 5.25 Å². The molecule has 2 heterocycles. The first kappa shape index (κ1) is 9.73. The first-order valence-corrected chi connectivity index (χ1v) is 7.10. The molecule has 0 spiro atoms. The van der Waals surface area contributed by atoms with Gasteiger partial charge in [-0.05, 0) is 31.2 Å². The molecule has 1 aliphatic heterocycles. The van der Waals surface area contributed by atoms with Crippen molar-refractivity contribution in [3.8, 4) is 0 Å². The zero-order valence-electron chi connectivity index (χ0n) is 8.55. The number of carbonyl (C=O) groups is 1. The lowest BCUT2D eigenvalue weighted by Gasteiger charge is -2.22. The van der Waals surface area contributed by atoms with Crippen molar-refractivity contribution in [2.75, 3.05) is 0 Å². The quantitative estimate of drug-likeness (QED) is 0.791. The highest BCUT2D eigenvalue weighted by molar-refractivity contribution is 8.01. The second kappa shape index (κ2) is 3.52. The van der Waals surface area contributed by atoms with Gasteiger partial charge in [0.2, 0.25) is 5.91 Å². The molecule has 2 fully saturated rings. The summed E-state index contributed by atoms with van der Waals surface area (Å²) in [6.45, 7) is 2.02. The Balaban J connectivity index is 1.91. The summed E-state index contributed by atoms with van der Waals surface area (Å²) in [4.78, 5) is 15.4. The third-order valence-corrected chi connectivity index (χ3v) is 5.34. The maximum Gasteiger partial charge on any atom is 0.236 e. The molecule has 0 N–H and O–H groups in total. The third-order valence-electron chi connectivity index (χ3n) is 2.91. The van der Waals surface area contributed by atoms with Crippen molar-refractivity contribution in [3.63, 3.8) is 0 Å². The molecule has 0 radical (unpaired) electrons. The molecule has 1 aliphatic carbocycles. The van der Waals surface area contributed by atoms with Gasteiger partial charge < -0.3 is 4.90 Å². The lowest BCUT2D eigenvalue weighted by molar-refractivity contribution is -0.130. The molecule has 1 saturated carbocycles. The van der Waals surface area contributed by atoms with E-state index in [-0.39, 0.29) is 5.25 Å². The minimum atomic E-state index is 0.137. The largest absolute Gasteiger partial charge is 0.322 e. The summed E-state index contributed by atoms with van der Waals surface area (Å²) in [7, 11) is 0. The zero-order chi connectivity index (χ0) is 10.4. The van der Waals surface area contributed by atoms with Crippen LogP contribution in [0.1, 0.15) is 30.0 Å². The van der Waals surface area contributed by atoms with Crippen molar-refractivity contribution < 1.29 is 4.79 Å². The molecule has 1 saturated heterocycles. The summed E-state index contributed by atoms with van der Waals surface area (Å²) in [5.41, 5.74) is 0. The molecule has 2 nitrogen and oxygen atoms in total. The fourth-order valence-electron chi connectivity index (χ4n) is 2.00. The van der Waals surface area contributed by atoms with Crippen LogP contribution < -0.4 is 0 Å². The molecule has 0 aromatic carbocycles. The van der Waals surface area contributed by atoms with Gasteiger partial charge in [-0.3, -0.25) is 4.79 Å². The average Bonchev–Trinajstić information content (AvgIpc) is 2.82. The predicted molar refractivity (Wildman–Crippen MR) is 64.0 cm³/mol. The van der Waals surface area contributed by atoms with E-state index in [4.69, 9.17) is 0 Å². The molecular formula is C11H13NOS2. The smallest absolute Gasteiger partial charge is 0.236 e. The minimum Gasteiger partial charge on any atom is -0.322 e. The lowest BCUT2D eigenvalue weighted by Crippen LogP contribution is -2.31. The van der Waals surface area contributed by atoms with Crippen molar-refractivity contribution in [1.29, 1.82) is 0 Å². The Morgan fingerprint density at radius 1 is 1.47 bits per heavy atom. The zero-order valence-corrected chi connectivity index (χ0v) is 10.2. The highest BCUT2D eigenvalue weighted by atomic mass is 32.2. The van der Waals surface area contributed by atoms with Crippen molar-refractivity contribution in [1.82, 2.24) is 4.90 Å². The van der Waals surface area contributed by atoms with Gasteiger partial charge >= 0.3 is 0 Å². The minimum absolute atomic E-state index is 0.137. The maximum atomic E-state index is 12.0. The molecule has 0 bridgehead atoms. The molecular weight excluding hydrogens is 226 g/mol. The molecule has 2 atom stereocenters. The number of rotatable bonds is 2. The van der Waals surface area contributed by atoms with E-state index in [1.807, 2.05) is 6.92 Å². The van der Waals surface area contributed by atoms with E-state index < -0.39 is 0 Å². The number of hydrogen-bond acceptors (Lipinski definition) is 3. The van der Waals surface area contributed by atoms with Gasteiger partial charge in [-0.25, -0.2) is 0 Å². The molecule has 3 rings (SSSR count). The summed E-state index contributed by atoms with van der Waals surface area (Å²) in [6.07, 6.45) is 2.39. The Hall–Kier alpha value is -0.480. The van der Waals surface area contributed by atoms with E-state index in [9.17, 15) is 4.79 Å². The Bertz CT molecular complexity index is 372. The van der Waals surface area contributed by atoms with Crippen LogP contribution >= 0.6 is 23.1 Å². The number of thiophene rings is 1. The summed E-state index contributed by atoms with van der Waals surface area (Å²) >= 11 is 3.55. The molecule has 80 valence electrons. The Kier molecular flexibility index (Phi) is 2.29. The Morgan fingerprint density at radius 2 is 2.27 bits per heavy atom. The van der Waals surface area contributed by atoms with Crippen molar-refractivity contribution in [2.45, 2.75) is 36.4 Å². The van der Waals surface area contributed by atoms with Crippen LogP contribution in [0.3, 0.4) is 0 Å². The van der Waals surface area contributed by atoms with E-state index in [1.54, 1.807) is 23.1 Å². The van der Waals surface area contributed by atoms with Crippen LogP contribution in [0.4, 0.5) is 0 Å². The normalized spacial score (nSPS) is 31.3.